The van der Waals surface area contributed by atoms with Crippen molar-refractivity contribution in [3.05, 3.63) is 27.7 Å². The molecular formula is C21H28N4O5. The predicted octanol–water partition coefficient (Wildman–Crippen LogP) is 1.34. The molecule has 3 heterocycles. The molecule has 1 aliphatic carbocycles. The number of fused-ring (bicyclic) bond motifs is 1. The number of carbonyl (C=O) groups excluding carboxylic acids is 1. The van der Waals surface area contributed by atoms with E-state index in [1.54, 1.807) is 20.0 Å². The number of nitrogens with one attached hydrogen (secondary N) is 1. The van der Waals surface area contributed by atoms with Gasteiger partial charge in [0.25, 0.3) is 5.56 Å². The Morgan fingerprint density at radius 1 is 1.40 bits per heavy atom. The van der Waals surface area contributed by atoms with Crippen LogP contribution in [0.25, 0.3) is 11.0 Å². The maximum atomic E-state index is 13.4. The Morgan fingerprint density at radius 2 is 2.17 bits per heavy atom. The van der Waals surface area contributed by atoms with E-state index in [0.717, 1.165) is 6.42 Å². The molecule has 4 atom stereocenters. The largest absolute Gasteiger partial charge is 0.389 e. The lowest BCUT2D eigenvalue weighted by atomic mass is 9.98. The van der Waals surface area contributed by atoms with E-state index in [2.05, 4.69) is 15.3 Å². The van der Waals surface area contributed by atoms with Crippen molar-refractivity contribution in [2.45, 2.75) is 70.2 Å². The average molecular weight is 416 g/mol. The molecule has 0 spiro atoms. The van der Waals surface area contributed by atoms with Gasteiger partial charge in [-0.25, -0.2) is 4.98 Å². The predicted molar refractivity (Wildman–Crippen MR) is 111 cm³/mol. The van der Waals surface area contributed by atoms with E-state index in [-0.39, 0.29) is 29.9 Å². The first-order valence-corrected chi connectivity index (χ1v) is 10.4. The summed E-state index contributed by atoms with van der Waals surface area (Å²) >= 11 is 0. The van der Waals surface area contributed by atoms with Crippen LogP contribution in [0.2, 0.25) is 0 Å². The normalized spacial score (nSPS) is 29.3. The summed E-state index contributed by atoms with van der Waals surface area (Å²) in [7, 11) is 0. The van der Waals surface area contributed by atoms with Crippen molar-refractivity contribution in [2.24, 2.45) is 0 Å². The van der Waals surface area contributed by atoms with E-state index in [4.69, 9.17) is 4.74 Å². The number of aromatic nitrogens is 3. The minimum atomic E-state index is -1.07. The highest BCUT2D eigenvalue weighted by molar-refractivity contribution is 5.99. The number of aliphatic hydroxyl groups excluding tert-OH is 1. The van der Waals surface area contributed by atoms with E-state index in [1.165, 1.54) is 11.5 Å². The van der Waals surface area contributed by atoms with E-state index in [1.807, 2.05) is 0 Å². The van der Waals surface area contributed by atoms with E-state index >= 15 is 0 Å². The fourth-order valence-corrected chi connectivity index (χ4v) is 4.70. The van der Waals surface area contributed by atoms with Crippen LogP contribution in [-0.4, -0.2) is 61.5 Å². The molecule has 2 aromatic rings. The summed E-state index contributed by atoms with van der Waals surface area (Å²) in [6, 6.07) is -0.744. The standard InChI is InChI=1S/C21H28N4O5/c1-11-13-9-22-20(23-14-6-8-30-10-15(14)27)24-18(13)25(19(28)17(11)12(2)26)16-5-4-7-21(16,3)29/h9,14-16,27,29H,4-8,10H2,1-3H3,(H,22,23,24)/t14-,15-,16+,21-/m1/s1. The third-order valence-electron chi connectivity index (χ3n) is 6.39. The van der Waals surface area contributed by atoms with Crippen LogP contribution in [0.3, 0.4) is 0 Å². The number of aryl methyl sites for hydroxylation is 1. The number of hydrogen-bond donors (Lipinski definition) is 3. The second-order valence-corrected chi connectivity index (χ2v) is 8.61. The van der Waals surface area contributed by atoms with Crippen LogP contribution in [0, 0.1) is 6.92 Å². The molecule has 0 aromatic carbocycles. The molecule has 162 valence electrons. The monoisotopic (exact) mass is 416 g/mol. The van der Waals surface area contributed by atoms with Gasteiger partial charge in [0.05, 0.1) is 36.0 Å². The second-order valence-electron chi connectivity index (χ2n) is 8.61. The van der Waals surface area contributed by atoms with Gasteiger partial charge in [-0.3, -0.25) is 14.2 Å². The quantitative estimate of drug-likeness (QED) is 0.638. The minimum absolute atomic E-state index is 0.106. The van der Waals surface area contributed by atoms with E-state index < -0.39 is 23.3 Å². The molecule has 30 heavy (non-hydrogen) atoms. The van der Waals surface area contributed by atoms with Crippen molar-refractivity contribution >= 4 is 22.8 Å². The highest BCUT2D eigenvalue weighted by Gasteiger charge is 2.40. The fourth-order valence-electron chi connectivity index (χ4n) is 4.70. The molecular weight excluding hydrogens is 388 g/mol. The molecule has 0 amide bonds. The molecule has 2 aromatic heterocycles. The molecule has 2 fully saturated rings. The number of nitrogens with zero attached hydrogens (tertiary/aromatic N) is 3. The smallest absolute Gasteiger partial charge is 0.263 e. The van der Waals surface area contributed by atoms with Gasteiger partial charge in [0.1, 0.15) is 5.65 Å². The van der Waals surface area contributed by atoms with Gasteiger partial charge in [-0.15, -0.1) is 0 Å². The van der Waals surface area contributed by atoms with Crippen LogP contribution in [0.15, 0.2) is 11.0 Å². The molecule has 9 nitrogen and oxygen atoms in total. The summed E-state index contributed by atoms with van der Waals surface area (Å²) < 4.78 is 6.73. The molecule has 3 N–H and O–H groups in total. The Balaban J connectivity index is 1.89. The zero-order valence-electron chi connectivity index (χ0n) is 17.5. The molecule has 4 rings (SSSR count). The highest BCUT2D eigenvalue weighted by Crippen LogP contribution is 2.40. The van der Waals surface area contributed by atoms with Crippen molar-refractivity contribution < 1.29 is 19.7 Å². The molecule has 1 saturated carbocycles. The van der Waals surface area contributed by atoms with Crippen LogP contribution in [-0.2, 0) is 4.74 Å². The first kappa shape index (κ1) is 20.9. The van der Waals surface area contributed by atoms with Gasteiger partial charge in [-0.05, 0) is 52.0 Å². The van der Waals surface area contributed by atoms with Gasteiger partial charge in [0.2, 0.25) is 5.95 Å². The number of ketones is 1. The zero-order valence-corrected chi connectivity index (χ0v) is 17.5. The van der Waals surface area contributed by atoms with Gasteiger partial charge in [0.15, 0.2) is 5.78 Å². The topological polar surface area (TPSA) is 127 Å². The van der Waals surface area contributed by atoms with Crippen LogP contribution < -0.4 is 10.9 Å². The Kier molecular flexibility index (Phi) is 5.37. The van der Waals surface area contributed by atoms with Crippen molar-refractivity contribution in [1.29, 1.82) is 0 Å². The lowest BCUT2D eigenvalue weighted by Gasteiger charge is -2.30. The van der Waals surface area contributed by atoms with Crippen LogP contribution in [0.4, 0.5) is 5.95 Å². The van der Waals surface area contributed by atoms with E-state index in [0.29, 0.717) is 42.5 Å². The lowest BCUT2D eigenvalue weighted by Crippen LogP contribution is -2.42. The molecule has 0 radical (unpaired) electrons. The number of anilines is 1. The number of ether oxygens (including phenoxy) is 1. The van der Waals surface area contributed by atoms with Gasteiger partial charge >= 0.3 is 0 Å². The van der Waals surface area contributed by atoms with Gasteiger partial charge in [-0.2, -0.15) is 4.98 Å². The second kappa shape index (κ2) is 7.72. The van der Waals surface area contributed by atoms with Crippen molar-refractivity contribution in [2.75, 3.05) is 18.5 Å². The first-order valence-electron chi connectivity index (χ1n) is 10.4. The third-order valence-corrected chi connectivity index (χ3v) is 6.39. The number of pyridine rings is 1. The van der Waals surface area contributed by atoms with Crippen molar-refractivity contribution in [1.82, 2.24) is 14.5 Å². The fraction of sp³-hybridized carbons (Fsp3) is 0.619. The van der Waals surface area contributed by atoms with Crippen LogP contribution in [0.1, 0.15) is 61.5 Å². The van der Waals surface area contributed by atoms with Crippen LogP contribution >= 0.6 is 0 Å². The lowest BCUT2D eigenvalue weighted by molar-refractivity contribution is -0.0136. The Labute approximate surface area is 174 Å². The number of hydrogen-bond acceptors (Lipinski definition) is 8. The van der Waals surface area contributed by atoms with Crippen LogP contribution in [0.5, 0.6) is 0 Å². The summed E-state index contributed by atoms with van der Waals surface area (Å²) in [4.78, 5) is 34.6. The number of aliphatic hydroxyl groups is 2. The Bertz CT molecular complexity index is 1050. The Morgan fingerprint density at radius 3 is 2.80 bits per heavy atom. The number of rotatable bonds is 4. The van der Waals surface area contributed by atoms with Gasteiger partial charge in [-0.1, -0.05) is 0 Å². The van der Waals surface area contributed by atoms with Crippen molar-refractivity contribution in [3.8, 4) is 0 Å². The third kappa shape index (κ3) is 3.51. The minimum Gasteiger partial charge on any atom is -0.389 e. The van der Waals surface area contributed by atoms with Gasteiger partial charge in [0, 0.05) is 18.2 Å². The molecule has 1 aliphatic heterocycles. The molecule has 9 heteroatoms. The highest BCUT2D eigenvalue weighted by atomic mass is 16.5. The van der Waals surface area contributed by atoms with Gasteiger partial charge < -0.3 is 20.3 Å². The number of Topliss-reactive ketones (excluding diaryl/α,β-unsaturated/α-hetero) is 1. The summed E-state index contributed by atoms with van der Waals surface area (Å²) in [6.45, 7) is 5.57. The first-order chi connectivity index (χ1) is 14.2. The molecule has 0 unspecified atom stereocenters. The summed E-state index contributed by atoms with van der Waals surface area (Å²) in [5.41, 5.74) is -0.484. The van der Waals surface area contributed by atoms with Crippen molar-refractivity contribution in [3.63, 3.8) is 0 Å². The maximum Gasteiger partial charge on any atom is 0.263 e. The molecule has 1 saturated heterocycles. The summed E-state index contributed by atoms with van der Waals surface area (Å²) in [5.74, 6) is -0.0347. The summed E-state index contributed by atoms with van der Waals surface area (Å²) in [5, 5.41) is 24.8. The molecule has 2 aliphatic rings. The Hall–Kier alpha value is -2.36. The molecule has 0 bridgehead atoms. The summed E-state index contributed by atoms with van der Waals surface area (Å²) in [6.07, 6.45) is 3.48. The SMILES string of the molecule is CC(=O)c1c(C)c2cnc(N[C@@H]3CCOC[C@H]3O)nc2n([C@H]2CCC[C@@]2(C)O)c1=O. The number of carbonyl (C=O) groups is 1. The average Bonchev–Trinajstić information content (AvgIpc) is 3.02. The maximum absolute atomic E-state index is 13.4. The van der Waals surface area contributed by atoms with E-state index in [9.17, 15) is 19.8 Å². The zero-order chi connectivity index (χ0) is 21.6.